The molecule has 0 aliphatic carbocycles. The van der Waals surface area contributed by atoms with Crippen LogP contribution in [-0.4, -0.2) is 35.5 Å². The fraction of sp³-hybridized carbons (Fsp3) is 0.143. The Morgan fingerprint density at radius 2 is 1.81 bits per heavy atom. The summed E-state index contributed by atoms with van der Waals surface area (Å²) in [7, 11) is -3.72. The van der Waals surface area contributed by atoms with Crippen molar-refractivity contribution >= 4 is 33.4 Å². The summed E-state index contributed by atoms with van der Waals surface area (Å²) in [5, 5.41) is 15.2. The summed E-state index contributed by atoms with van der Waals surface area (Å²) < 4.78 is 35.9. The molecule has 8 nitrogen and oxygen atoms in total. The zero-order valence-corrected chi connectivity index (χ0v) is 19.1. The molecule has 4 aromatic rings. The van der Waals surface area contributed by atoms with E-state index < -0.39 is 10.0 Å². The van der Waals surface area contributed by atoms with Gasteiger partial charge in [0.1, 0.15) is 11.5 Å². The maximum Gasteiger partial charge on any atom is 0.238 e. The Kier molecular flexibility index (Phi) is 6.85. The van der Waals surface area contributed by atoms with Gasteiger partial charge in [0.15, 0.2) is 11.0 Å². The summed E-state index contributed by atoms with van der Waals surface area (Å²) in [4.78, 5) is 0.0416. The normalized spacial score (nSPS) is 11.6. The lowest BCUT2D eigenvalue weighted by atomic mass is 10.2. The van der Waals surface area contributed by atoms with Gasteiger partial charge in [-0.15, -0.1) is 10.2 Å². The molecule has 2 aromatic heterocycles. The highest BCUT2D eigenvalue weighted by molar-refractivity contribution is 7.99. The Labute approximate surface area is 194 Å². The van der Waals surface area contributed by atoms with Gasteiger partial charge in [-0.25, -0.2) is 13.6 Å². The van der Waals surface area contributed by atoms with Crippen LogP contribution in [0.2, 0.25) is 5.02 Å². The molecule has 0 aliphatic heterocycles. The Morgan fingerprint density at radius 3 is 2.47 bits per heavy atom. The van der Waals surface area contributed by atoms with E-state index in [9.17, 15) is 8.42 Å². The second-order valence-electron chi connectivity index (χ2n) is 6.69. The van der Waals surface area contributed by atoms with Gasteiger partial charge in [-0.2, -0.15) is 0 Å². The van der Waals surface area contributed by atoms with E-state index in [1.807, 2.05) is 41.0 Å². The molecule has 0 spiro atoms. The molecular weight excluding hydrogens is 472 g/mol. The maximum atomic E-state index is 11.3. The topological polar surface area (TPSA) is 113 Å². The number of benzene rings is 2. The molecule has 0 bridgehead atoms. The highest BCUT2D eigenvalue weighted by Gasteiger charge is 2.16. The molecule has 2 aromatic carbocycles. The summed E-state index contributed by atoms with van der Waals surface area (Å²) >= 11 is 7.51. The summed E-state index contributed by atoms with van der Waals surface area (Å²) in [6.07, 6.45) is 1.63. The van der Waals surface area contributed by atoms with E-state index in [1.165, 1.54) is 23.9 Å². The van der Waals surface area contributed by atoms with Gasteiger partial charge in [-0.3, -0.25) is 4.57 Å². The first-order valence-corrected chi connectivity index (χ1v) is 12.4. The number of rotatable bonds is 9. The van der Waals surface area contributed by atoms with Gasteiger partial charge in [0.2, 0.25) is 10.0 Å². The second kappa shape index (κ2) is 9.78. The summed E-state index contributed by atoms with van der Waals surface area (Å²) in [5.74, 6) is 2.65. The SMILES string of the molecule is NS(=O)(=O)c1ccc(OCCSc2nnc(-c3ccc(Cl)cc3)n2Cc2ccco2)cc1. The van der Waals surface area contributed by atoms with E-state index >= 15 is 0 Å². The zero-order chi connectivity index (χ0) is 22.6. The quantitative estimate of drug-likeness (QED) is 0.278. The van der Waals surface area contributed by atoms with E-state index in [4.69, 9.17) is 25.9 Å². The lowest BCUT2D eigenvalue weighted by Gasteiger charge is -2.10. The molecule has 0 saturated heterocycles. The van der Waals surface area contributed by atoms with E-state index in [0.29, 0.717) is 35.5 Å². The Hall–Kier alpha value is -2.79. The number of ether oxygens (including phenoxy) is 1. The molecule has 32 heavy (non-hydrogen) atoms. The molecule has 0 saturated carbocycles. The van der Waals surface area contributed by atoms with Crippen LogP contribution < -0.4 is 9.88 Å². The van der Waals surface area contributed by atoms with Crippen molar-refractivity contribution in [1.29, 1.82) is 0 Å². The van der Waals surface area contributed by atoms with Gasteiger partial charge in [0, 0.05) is 16.3 Å². The molecule has 0 amide bonds. The van der Waals surface area contributed by atoms with Crippen molar-refractivity contribution in [1.82, 2.24) is 14.8 Å². The molecule has 2 N–H and O–H groups in total. The first-order valence-electron chi connectivity index (χ1n) is 9.50. The lowest BCUT2D eigenvalue weighted by Crippen LogP contribution is -2.11. The van der Waals surface area contributed by atoms with Crippen molar-refractivity contribution in [2.75, 3.05) is 12.4 Å². The Morgan fingerprint density at radius 1 is 1.06 bits per heavy atom. The number of hydrogen-bond donors (Lipinski definition) is 1. The molecule has 0 unspecified atom stereocenters. The van der Waals surface area contributed by atoms with Crippen molar-refractivity contribution in [2.24, 2.45) is 5.14 Å². The summed E-state index contributed by atoms with van der Waals surface area (Å²) in [6.45, 7) is 0.874. The average Bonchev–Trinajstić information content (AvgIpc) is 3.42. The molecule has 166 valence electrons. The van der Waals surface area contributed by atoms with Crippen LogP contribution >= 0.6 is 23.4 Å². The molecule has 0 fully saturated rings. The van der Waals surface area contributed by atoms with Crippen LogP contribution in [0.15, 0.2) is 81.4 Å². The van der Waals surface area contributed by atoms with Gasteiger partial charge in [-0.05, 0) is 60.7 Å². The molecule has 0 aliphatic rings. The van der Waals surface area contributed by atoms with E-state index in [0.717, 1.165) is 16.5 Å². The number of aromatic nitrogens is 3. The van der Waals surface area contributed by atoms with Crippen LogP contribution in [0, 0.1) is 0 Å². The second-order valence-corrected chi connectivity index (χ2v) is 9.75. The van der Waals surface area contributed by atoms with Crippen molar-refractivity contribution in [3.63, 3.8) is 0 Å². The molecule has 0 radical (unpaired) electrons. The minimum Gasteiger partial charge on any atom is -0.493 e. The van der Waals surface area contributed by atoms with Gasteiger partial charge < -0.3 is 9.15 Å². The lowest BCUT2D eigenvalue weighted by molar-refractivity contribution is 0.343. The number of hydrogen-bond acceptors (Lipinski definition) is 7. The fourth-order valence-corrected chi connectivity index (χ4v) is 4.32. The third-order valence-electron chi connectivity index (χ3n) is 4.45. The predicted octanol–water partition coefficient (Wildman–Crippen LogP) is 4.06. The predicted molar refractivity (Wildman–Crippen MR) is 122 cm³/mol. The third-order valence-corrected chi connectivity index (χ3v) is 6.56. The van der Waals surface area contributed by atoms with Crippen molar-refractivity contribution in [3.8, 4) is 17.1 Å². The number of nitrogens with two attached hydrogens (primary N) is 1. The zero-order valence-electron chi connectivity index (χ0n) is 16.7. The Bertz CT molecular complexity index is 1270. The van der Waals surface area contributed by atoms with Crippen LogP contribution in [0.4, 0.5) is 0 Å². The maximum absolute atomic E-state index is 11.3. The molecule has 0 atom stereocenters. The molecule has 4 rings (SSSR count). The van der Waals surface area contributed by atoms with Gasteiger partial charge in [-0.1, -0.05) is 23.4 Å². The first kappa shape index (κ1) is 22.4. The van der Waals surface area contributed by atoms with Crippen molar-refractivity contribution < 1.29 is 17.6 Å². The average molecular weight is 491 g/mol. The van der Waals surface area contributed by atoms with Crippen LogP contribution in [-0.2, 0) is 16.6 Å². The summed E-state index contributed by atoms with van der Waals surface area (Å²) in [5.41, 5.74) is 0.895. The van der Waals surface area contributed by atoms with E-state index in [-0.39, 0.29) is 4.90 Å². The number of furan rings is 1. The van der Waals surface area contributed by atoms with Crippen molar-refractivity contribution in [2.45, 2.75) is 16.6 Å². The molecule has 11 heteroatoms. The van der Waals surface area contributed by atoms with Crippen LogP contribution in [0.3, 0.4) is 0 Å². The van der Waals surface area contributed by atoms with Crippen LogP contribution in [0.25, 0.3) is 11.4 Å². The monoisotopic (exact) mass is 490 g/mol. The standard InChI is InChI=1S/C21H19ClN4O4S2/c22-16-5-3-15(4-6-16)20-24-25-21(26(20)14-18-2-1-11-29-18)31-13-12-30-17-7-9-19(10-8-17)32(23,27)28/h1-11H,12-14H2,(H2,23,27,28). The molecule has 2 heterocycles. The number of thioether (sulfide) groups is 1. The third kappa shape index (κ3) is 5.52. The largest absolute Gasteiger partial charge is 0.493 e. The van der Waals surface area contributed by atoms with Crippen LogP contribution in [0.1, 0.15) is 5.76 Å². The minimum atomic E-state index is -3.72. The fourth-order valence-electron chi connectivity index (χ4n) is 2.93. The highest BCUT2D eigenvalue weighted by atomic mass is 35.5. The number of nitrogens with zero attached hydrogens (tertiary/aromatic N) is 3. The van der Waals surface area contributed by atoms with Crippen molar-refractivity contribution in [3.05, 3.63) is 77.7 Å². The number of primary sulfonamides is 1. The van der Waals surface area contributed by atoms with E-state index in [2.05, 4.69) is 10.2 Å². The number of halogens is 1. The minimum absolute atomic E-state index is 0.0416. The van der Waals surface area contributed by atoms with Crippen LogP contribution in [0.5, 0.6) is 5.75 Å². The molecular formula is C21H19ClN4O4S2. The van der Waals surface area contributed by atoms with Gasteiger partial charge in [0.05, 0.1) is 24.3 Å². The summed E-state index contributed by atoms with van der Waals surface area (Å²) in [6, 6.07) is 17.1. The highest BCUT2D eigenvalue weighted by Crippen LogP contribution is 2.26. The number of sulfonamides is 1. The van der Waals surface area contributed by atoms with Gasteiger partial charge >= 0.3 is 0 Å². The van der Waals surface area contributed by atoms with Gasteiger partial charge in [0.25, 0.3) is 0 Å². The first-order chi connectivity index (χ1) is 15.4. The van der Waals surface area contributed by atoms with E-state index in [1.54, 1.807) is 18.4 Å². The Balaban J connectivity index is 1.44. The smallest absolute Gasteiger partial charge is 0.238 e.